The van der Waals surface area contributed by atoms with Gasteiger partial charge in [0.05, 0.1) is 25.0 Å². The minimum absolute atomic E-state index is 0.401. The molecule has 0 radical (unpaired) electrons. The number of halogens is 1. The molecule has 4 aromatic rings. The number of aryl methyl sites for hydroxylation is 1. The average molecular weight is 470 g/mol. The third-order valence-electron chi connectivity index (χ3n) is 4.80. The topological polar surface area (TPSA) is 82.4 Å². The van der Waals surface area contributed by atoms with Crippen LogP contribution in [-0.2, 0) is 16.1 Å². The molecular formula is C23H20ClN3O4S. The summed E-state index contributed by atoms with van der Waals surface area (Å²) in [6.45, 7) is 1.96. The molecule has 4 rings (SSSR count). The van der Waals surface area contributed by atoms with Crippen molar-refractivity contribution in [2.45, 2.75) is 13.5 Å². The minimum atomic E-state index is -0.565. The first-order valence-corrected chi connectivity index (χ1v) is 11.0. The molecule has 0 unspecified atom stereocenters. The summed E-state index contributed by atoms with van der Waals surface area (Å²) in [5.74, 6) is -0.495. The van der Waals surface area contributed by atoms with Crippen molar-refractivity contribution >= 4 is 50.7 Å². The van der Waals surface area contributed by atoms with Crippen molar-refractivity contribution in [2.24, 2.45) is 0 Å². The number of anilines is 1. The van der Waals surface area contributed by atoms with Gasteiger partial charge in [-0.3, -0.25) is 9.48 Å². The van der Waals surface area contributed by atoms with Crippen LogP contribution in [0.4, 0.5) is 5.69 Å². The number of methoxy groups -OCH3 is 1. The molecule has 0 atom stereocenters. The number of aromatic nitrogens is 2. The summed E-state index contributed by atoms with van der Waals surface area (Å²) in [5, 5.41) is 8.77. The third kappa shape index (κ3) is 4.61. The molecule has 2 aromatic heterocycles. The van der Waals surface area contributed by atoms with Gasteiger partial charge in [-0.05, 0) is 36.8 Å². The highest BCUT2D eigenvalue weighted by Gasteiger charge is 2.19. The first kappa shape index (κ1) is 21.9. The molecule has 0 aliphatic heterocycles. The number of hydrogen-bond donors (Lipinski definition) is 1. The van der Waals surface area contributed by atoms with Crippen molar-refractivity contribution in [3.8, 4) is 5.75 Å². The monoisotopic (exact) mass is 469 g/mol. The number of carbonyl (C=O) groups excluding carboxylic acids is 2. The zero-order valence-corrected chi connectivity index (χ0v) is 19.0. The number of benzene rings is 2. The van der Waals surface area contributed by atoms with Gasteiger partial charge in [0, 0.05) is 10.4 Å². The van der Waals surface area contributed by atoms with E-state index in [0.717, 1.165) is 21.5 Å². The normalized spacial score (nSPS) is 10.8. The number of thiophene rings is 1. The quantitative estimate of drug-likeness (QED) is 0.389. The Kier molecular flexibility index (Phi) is 6.43. The first-order chi connectivity index (χ1) is 15.5. The maximum absolute atomic E-state index is 12.6. The van der Waals surface area contributed by atoms with Crippen LogP contribution in [0.1, 0.15) is 20.9 Å². The second-order valence-electron chi connectivity index (χ2n) is 6.99. The second kappa shape index (κ2) is 9.42. The standard InChI is InChI=1S/C23H20ClN3O4S/c1-14-16-11-20(32-22(16)27(26-14)12-15-7-3-4-8-17(15)24)23(29)31-13-21(28)25-18-9-5-6-10-19(18)30-2/h3-11H,12-13H2,1-2H3,(H,25,28). The molecule has 2 heterocycles. The predicted octanol–water partition coefficient (Wildman–Crippen LogP) is 4.91. The van der Waals surface area contributed by atoms with E-state index >= 15 is 0 Å². The fourth-order valence-electron chi connectivity index (χ4n) is 3.24. The number of nitrogens with one attached hydrogen (secondary N) is 1. The van der Waals surface area contributed by atoms with E-state index in [-0.39, 0.29) is 0 Å². The number of fused-ring (bicyclic) bond motifs is 1. The van der Waals surface area contributed by atoms with Crippen molar-refractivity contribution in [3.63, 3.8) is 0 Å². The van der Waals surface area contributed by atoms with Crippen LogP contribution in [0, 0.1) is 6.92 Å². The summed E-state index contributed by atoms with van der Waals surface area (Å²) in [5.41, 5.74) is 2.24. The molecule has 9 heteroatoms. The van der Waals surface area contributed by atoms with Crippen molar-refractivity contribution in [3.05, 3.63) is 75.8 Å². The van der Waals surface area contributed by atoms with E-state index in [4.69, 9.17) is 21.1 Å². The van der Waals surface area contributed by atoms with Crippen LogP contribution in [0.3, 0.4) is 0 Å². The molecule has 0 saturated carbocycles. The van der Waals surface area contributed by atoms with Crippen molar-refractivity contribution in [2.75, 3.05) is 19.0 Å². The smallest absolute Gasteiger partial charge is 0.348 e. The Morgan fingerprint density at radius 3 is 2.69 bits per heavy atom. The minimum Gasteiger partial charge on any atom is -0.495 e. The number of amides is 1. The highest BCUT2D eigenvalue weighted by atomic mass is 35.5. The Balaban J connectivity index is 1.45. The van der Waals surface area contributed by atoms with E-state index in [2.05, 4.69) is 10.4 Å². The fraction of sp³-hybridized carbons (Fsp3) is 0.174. The summed E-state index contributed by atoms with van der Waals surface area (Å²) in [7, 11) is 1.52. The van der Waals surface area contributed by atoms with Gasteiger partial charge in [0.2, 0.25) is 0 Å². The van der Waals surface area contributed by atoms with Crippen LogP contribution in [-0.4, -0.2) is 35.4 Å². The lowest BCUT2D eigenvalue weighted by molar-refractivity contribution is -0.119. The lowest BCUT2D eigenvalue weighted by atomic mass is 10.2. The van der Waals surface area contributed by atoms with E-state index in [1.165, 1.54) is 18.4 Å². The largest absolute Gasteiger partial charge is 0.495 e. The lowest BCUT2D eigenvalue weighted by Gasteiger charge is -2.09. The van der Waals surface area contributed by atoms with E-state index in [1.54, 1.807) is 30.3 Å². The number of esters is 1. The molecule has 0 fully saturated rings. The number of rotatable bonds is 7. The molecule has 32 heavy (non-hydrogen) atoms. The summed E-state index contributed by atoms with van der Waals surface area (Å²) < 4.78 is 12.2. The van der Waals surface area contributed by atoms with E-state index < -0.39 is 18.5 Å². The lowest BCUT2D eigenvalue weighted by Crippen LogP contribution is -2.20. The SMILES string of the molecule is COc1ccccc1NC(=O)COC(=O)c1cc2c(C)nn(Cc3ccccc3Cl)c2s1. The second-order valence-corrected chi connectivity index (χ2v) is 8.43. The molecule has 0 bridgehead atoms. The number of para-hydroxylation sites is 2. The van der Waals surface area contributed by atoms with Crippen LogP contribution in [0.2, 0.25) is 5.02 Å². The predicted molar refractivity (Wildman–Crippen MR) is 125 cm³/mol. The zero-order valence-electron chi connectivity index (χ0n) is 17.4. The number of nitrogens with zero attached hydrogens (tertiary/aromatic N) is 2. The van der Waals surface area contributed by atoms with E-state index in [0.29, 0.717) is 27.9 Å². The Hall–Kier alpha value is -3.36. The van der Waals surface area contributed by atoms with Gasteiger partial charge >= 0.3 is 5.97 Å². The highest BCUT2D eigenvalue weighted by molar-refractivity contribution is 7.20. The molecule has 0 saturated heterocycles. The maximum atomic E-state index is 12.6. The Bertz CT molecular complexity index is 1300. The molecule has 164 valence electrons. The molecule has 0 spiro atoms. The number of carbonyl (C=O) groups is 2. The Morgan fingerprint density at radius 1 is 1.16 bits per heavy atom. The van der Waals surface area contributed by atoms with Crippen LogP contribution in [0.15, 0.2) is 54.6 Å². The Morgan fingerprint density at radius 2 is 1.91 bits per heavy atom. The highest BCUT2D eigenvalue weighted by Crippen LogP contribution is 2.30. The van der Waals surface area contributed by atoms with Crippen LogP contribution in [0.25, 0.3) is 10.2 Å². The summed E-state index contributed by atoms with van der Waals surface area (Å²) in [4.78, 5) is 26.0. The number of ether oxygens (including phenoxy) is 2. The van der Waals surface area contributed by atoms with Gasteiger partial charge in [-0.25, -0.2) is 4.79 Å². The summed E-state index contributed by atoms with van der Waals surface area (Å²) >= 11 is 7.55. The fourth-order valence-corrected chi connectivity index (χ4v) is 4.50. The molecular weight excluding hydrogens is 450 g/mol. The first-order valence-electron chi connectivity index (χ1n) is 9.76. The average Bonchev–Trinajstić information content (AvgIpc) is 3.35. The molecule has 1 N–H and O–H groups in total. The van der Waals surface area contributed by atoms with Gasteiger partial charge in [0.25, 0.3) is 5.91 Å². The van der Waals surface area contributed by atoms with Gasteiger partial charge in [-0.2, -0.15) is 5.10 Å². The third-order valence-corrected chi connectivity index (χ3v) is 6.30. The van der Waals surface area contributed by atoms with Crippen LogP contribution in [0.5, 0.6) is 5.75 Å². The molecule has 1 amide bonds. The van der Waals surface area contributed by atoms with Crippen LogP contribution < -0.4 is 10.1 Å². The Labute approximate surface area is 193 Å². The number of hydrogen-bond acceptors (Lipinski definition) is 6. The van der Waals surface area contributed by atoms with E-state index in [9.17, 15) is 9.59 Å². The van der Waals surface area contributed by atoms with Gasteiger partial charge < -0.3 is 14.8 Å². The van der Waals surface area contributed by atoms with E-state index in [1.807, 2.05) is 35.9 Å². The maximum Gasteiger partial charge on any atom is 0.348 e. The molecule has 7 nitrogen and oxygen atoms in total. The zero-order chi connectivity index (χ0) is 22.7. The summed E-state index contributed by atoms with van der Waals surface area (Å²) in [6.07, 6.45) is 0. The van der Waals surface area contributed by atoms with Crippen molar-refractivity contribution < 1.29 is 19.1 Å². The van der Waals surface area contributed by atoms with Gasteiger partial charge in [-0.15, -0.1) is 11.3 Å². The molecule has 0 aliphatic carbocycles. The van der Waals surface area contributed by atoms with Gasteiger partial charge in [-0.1, -0.05) is 41.9 Å². The van der Waals surface area contributed by atoms with Crippen molar-refractivity contribution in [1.29, 1.82) is 0 Å². The van der Waals surface area contributed by atoms with Crippen LogP contribution >= 0.6 is 22.9 Å². The van der Waals surface area contributed by atoms with Gasteiger partial charge in [0.1, 0.15) is 15.5 Å². The molecule has 2 aromatic carbocycles. The summed E-state index contributed by atoms with van der Waals surface area (Å²) in [6, 6.07) is 16.3. The molecule has 0 aliphatic rings. The van der Waals surface area contributed by atoms with Crippen molar-refractivity contribution in [1.82, 2.24) is 9.78 Å². The van der Waals surface area contributed by atoms with Gasteiger partial charge in [0.15, 0.2) is 6.61 Å².